The van der Waals surface area contributed by atoms with Gasteiger partial charge in [-0.2, -0.15) is 5.10 Å². The second-order valence-corrected chi connectivity index (χ2v) is 6.57. The number of nitrogens with one attached hydrogen (secondary N) is 1. The quantitative estimate of drug-likeness (QED) is 0.845. The van der Waals surface area contributed by atoms with Gasteiger partial charge in [-0.15, -0.1) is 0 Å². The van der Waals surface area contributed by atoms with E-state index in [1.54, 1.807) is 18.2 Å². The number of halogens is 2. The van der Waals surface area contributed by atoms with Crippen molar-refractivity contribution in [3.63, 3.8) is 0 Å². The molecule has 0 atom stereocenters. The summed E-state index contributed by atoms with van der Waals surface area (Å²) in [4.78, 5) is 24.1. The van der Waals surface area contributed by atoms with Gasteiger partial charge in [0, 0.05) is 37.3 Å². The molecule has 9 heteroatoms. The first-order valence-electron chi connectivity index (χ1n) is 7.55. The van der Waals surface area contributed by atoms with Crippen LogP contribution in [0, 0.1) is 0 Å². The topological polar surface area (TPSA) is 93.5 Å². The highest BCUT2D eigenvalue weighted by Gasteiger charge is 2.41. The third-order valence-electron chi connectivity index (χ3n) is 4.11. The second kappa shape index (κ2) is 7.03. The molecule has 2 aromatic rings. The van der Waals surface area contributed by atoms with Crippen molar-refractivity contribution in [3.8, 4) is 5.69 Å². The van der Waals surface area contributed by atoms with Crippen molar-refractivity contribution in [2.24, 2.45) is 0 Å². The summed E-state index contributed by atoms with van der Waals surface area (Å²) >= 11 is 12.0. The zero-order valence-corrected chi connectivity index (χ0v) is 14.5. The normalized spacial score (nSPS) is 16.4. The summed E-state index contributed by atoms with van der Waals surface area (Å²) < 4.78 is 6.63. The first-order valence-corrected chi connectivity index (χ1v) is 8.31. The van der Waals surface area contributed by atoms with Gasteiger partial charge in [-0.1, -0.05) is 23.2 Å². The van der Waals surface area contributed by atoms with Gasteiger partial charge in [-0.3, -0.25) is 4.79 Å². The number of carbonyl (C=O) groups excluding carboxylic acids is 1. The number of carbonyl (C=O) groups is 2. The first kappa shape index (κ1) is 17.7. The lowest BCUT2D eigenvalue weighted by molar-refractivity contribution is -0.148. The van der Waals surface area contributed by atoms with Crippen LogP contribution in [0.2, 0.25) is 10.0 Å². The molecule has 1 aromatic carbocycles. The first-order chi connectivity index (χ1) is 11.9. The number of hydrogen-bond donors (Lipinski definition) is 2. The van der Waals surface area contributed by atoms with Crippen LogP contribution in [0.3, 0.4) is 0 Å². The number of amides is 1. The number of aliphatic carboxylic acids is 1. The van der Waals surface area contributed by atoms with Gasteiger partial charge in [0.2, 0.25) is 0 Å². The Hall–Kier alpha value is -2.09. The Kier molecular flexibility index (Phi) is 4.99. The van der Waals surface area contributed by atoms with Crippen LogP contribution in [-0.2, 0) is 9.53 Å². The molecule has 1 aromatic heterocycles. The molecule has 1 amide bonds. The summed E-state index contributed by atoms with van der Waals surface area (Å²) in [6.45, 7) is 0.568. The van der Waals surface area contributed by atoms with Gasteiger partial charge in [-0.05, 0) is 18.2 Å². The third-order valence-corrected chi connectivity index (χ3v) is 4.65. The molecule has 1 saturated heterocycles. The van der Waals surface area contributed by atoms with Crippen molar-refractivity contribution in [2.45, 2.75) is 18.4 Å². The summed E-state index contributed by atoms with van der Waals surface area (Å²) in [5.41, 5.74) is -0.530. The van der Waals surface area contributed by atoms with Gasteiger partial charge in [0.15, 0.2) is 0 Å². The molecule has 0 unspecified atom stereocenters. The molecule has 1 fully saturated rings. The smallest absolute Gasteiger partial charge is 0.329 e. The molecule has 2 N–H and O–H groups in total. The lowest BCUT2D eigenvalue weighted by Gasteiger charge is -2.33. The van der Waals surface area contributed by atoms with Crippen molar-refractivity contribution >= 4 is 35.1 Å². The van der Waals surface area contributed by atoms with Crippen LogP contribution in [-0.4, -0.2) is 45.5 Å². The molecule has 1 aliphatic heterocycles. The molecule has 2 heterocycles. The van der Waals surface area contributed by atoms with Crippen molar-refractivity contribution < 1.29 is 19.4 Å². The Morgan fingerprint density at radius 1 is 1.28 bits per heavy atom. The Labute approximate surface area is 153 Å². The van der Waals surface area contributed by atoms with Crippen LogP contribution in [0.1, 0.15) is 23.2 Å². The zero-order valence-electron chi connectivity index (χ0n) is 13.0. The number of rotatable bonds is 4. The lowest BCUT2D eigenvalue weighted by Crippen LogP contribution is -2.57. The van der Waals surface area contributed by atoms with E-state index in [9.17, 15) is 14.7 Å². The Bertz CT molecular complexity index is 815. The highest BCUT2D eigenvalue weighted by Crippen LogP contribution is 2.25. The largest absolute Gasteiger partial charge is 0.480 e. The monoisotopic (exact) mass is 383 g/mol. The summed E-state index contributed by atoms with van der Waals surface area (Å²) in [5, 5.41) is 17.1. The van der Waals surface area contributed by atoms with E-state index < -0.39 is 17.4 Å². The molecular formula is C16H15Cl2N3O4. The van der Waals surface area contributed by atoms with Crippen molar-refractivity contribution in [1.29, 1.82) is 0 Å². The van der Waals surface area contributed by atoms with Gasteiger partial charge in [0.1, 0.15) is 5.54 Å². The van der Waals surface area contributed by atoms with Crippen LogP contribution < -0.4 is 5.32 Å². The van der Waals surface area contributed by atoms with E-state index in [0.29, 0.717) is 15.7 Å². The molecule has 1 aliphatic rings. The predicted molar refractivity (Wildman–Crippen MR) is 91.5 cm³/mol. The molecule has 0 aliphatic carbocycles. The molecule has 7 nitrogen and oxygen atoms in total. The fraction of sp³-hybridized carbons (Fsp3) is 0.312. The van der Waals surface area contributed by atoms with E-state index in [-0.39, 0.29) is 31.6 Å². The minimum atomic E-state index is -1.32. The van der Waals surface area contributed by atoms with Gasteiger partial charge in [-0.25, -0.2) is 9.48 Å². The fourth-order valence-corrected chi connectivity index (χ4v) is 3.14. The molecule has 132 valence electrons. The number of benzene rings is 1. The standard InChI is InChI=1S/C16H15Cl2N3O4/c17-11-1-2-13(12(18)7-11)21-9-10(8-19-21)14(22)20-16(15(23)24)3-5-25-6-4-16/h1-2,7-9H,3-6H2,(H,20,22)(H,23,24). The fourth-order valence-electron chi connectivity index (χ4n) is 2.64. The molecule has 3 rings (SSSR count). The second-order valence-electron chi connectivity index (χ2n) is 5.72. The van der Waals surface area contributed by atoms with E-state index in [0.717, 1.165) is 0 Å². The maximum atomic E-state index is 12.5. The maximum Gasteiger partial charge on any atom is 0.329 e. The minimum absolute atomic E-state index is 0.214. The van der Waals surface area contributed by atoms with E-state index in [2.05, 4.69) is 10.4 Å². The van der Waals surface area contributed by atoms with E-state index in [1.807, 2.05) is 0 Å². The molecule has 25 heavy (non-hydrogen) atoms. The van der Waals surface area contributed by atoms with Gasteiger partial charge in [0.25, 0.3) is 5.91 Å². The van der Waals surface area contributed by atoms with Crippen molar-refractivity contribution in [1.82, 2.24) is 15.1 Å². The number of carboxylic acids is 1. The van der Waals surface area contributed by atoms with Gasteiger partial charge >= 0.3 is 5.97 Å². The molecule has 0 spiro atoms. The average molecular weight is 384 g/mol. The number of carboxylic acid groups (broad SMARTS) is 1. The number of hydrogen-bond acceptors (Lipinski definition) is 4. The summed E-state index contributed by atoms with van der Waals surface area (Å²) in [7, 11) is 0. The predicted octanol–water partition coefficient (Wildman–Crippen LogP) is 2.54. The Morgan fingerprint density at radius 3 is 2.64 bits per heavy atom. The summed E-state index contributed by atoms with van der Waals surface area (Å²) in [6, 6.07) is 4.91. The summed E-state index contributed by atoms with van der Waals surface area (Å²) in [6.07, 6.45) is 3.27. The van der Waals surface area contributed by atoms with Crippen molar-refractivity contribution in [2.75, 3.05) is 13.2 Å². The highest BCUT2D eigenvalue weighted by molar-refractivity contribution is 6.35. The highest BCUT2D eigenvalue weighted by atomic mass is 35.5. The van der Waals surface area contributed by atoms with Crippen LogP contribution in [0.5, 0.6) is 0 Å². The minimum Gasteiger partial charge on any atom is -0.480 e. The average Bonchev–Trinajstić information content (AvgIpc) is 3.05. The van der Waals surface area contributed by atoms with Gasteiger partial charge in [0.05, 0.1) is 22.5 Å². The van der Waals surface area contributed by atoms with Crippen LogP contribution in [0.25, 0.3) is 5.69 Å². The molecule has 0 saturated carbocycles. The molecular weight excluding hydrogens is 369 g/mol. The van der Waals surface area contributed by atoms with E-state index >= 15 is 0 Å². The van der Waals surface area contributed by atoms with Crippen molar-refractivity contribution in [3.05, 3.63) is 46.2 Å². The molecule has 0 radical (unpaired) electrons. The lowest BCUT2D eigenvalue weighted by atomic mass is 9.90. The third kappa shape index (κ3) is 3.63. The number of aromatic nitrogens is 2. The number of nitrogens with zero attached hydrogens (tertiary/aromatic N) is 2. The number of ether oxygens (including phenoxy) is 1. The van der Waals surface area contributed by atoms with Gasteiger partial charge < -0.3 is 15.2 Å². The van der Waals surface area contributed by atoms with Crippen LogP contribution in [0.15, 0.2) is 30.6 Å². The molecule has 0 bridgehead atoms. The Balaban J connectivity index is 1.81. The Morgan fingerprint density at radius 2 is 2.00 bits per heavy atom. The van der Waals surface area contributed by atoms with Crippen LogP contribution in [0.4, 0.5) is 0 Å². The van der Waals surface area contributed by atoms with Crippen LogP contribution >= 0.6 is 23.2 Å². The zero-order chi connectivity index (χ0) is 18.0. The summed E-state index contributed by atoms with van der Waals surface area (Å²) in [5.74, 6) is -1.59. The maximum absolute atomic E-state index is 12.5. The SMILES string of the molecule is O=C(NC1(C(=O)O)CCOCC1)c1cnn(-c2ccc(Cl)cc2Cl)c1. The van der Waals surface area contributed by atoms with E-state index in [4.69, 9.17) is 27.9 Å². The van der Waals surface area contributed by atoms with E-state index in [1.165, 1.54) is 17.1 Å².